The molecule has 0 spiro atoms. The molecule has 10 heteroatoms. The summed E-state index contributed by atoms with van der Waals surface area (Å²) < 4.78 is 0. The molecule has 4 N–H and O–H groups in total. The largest absolute Gasteiger partial charge is 0.507 e. The Morgan fingerprint density at radius 3 is 1.41 bits per heavy atom. The van der Waals surface area contributed by atoms with Crippen molar-refractivity contribution in [3.8, 4) is 5.75 Å². The third-order valence-corrected chi connectivity index (χ3v) is 8.16. The molecule has 0 radical (unpaired) electrons. The van der Waals surface area contributed by atoms with E-state index in [9.17, 15) is 9.90 Å². The highest BCUT2D eigenvalue weighted by Gasteiger charge is 2.19. The van der Waals surface area contributed by atoms with Crippen molar-refractivity contribution in [1.29, 1.82) is 0 Å². The Labute approximate surface area is 289 Å². The lowest BCUT2D eigenvalue weighted by atomic mass is 10.0. The van der Waals surface area contributed by atoms with Crippen molar-refractivity contribution in [1.82, 2.24) is 35.1 Å². The highest BCUT2D eigenvalue weighted by molar-refractivity contribution is 5.75. The van der Waals surface area contributed by atoms with Crippen LogP contribution in [0, 0.1) is 0 Å². The summed E-state index contributed by atoms with van der Waals surface area (Å²) >= 11 is 0. The Hall–Kier alpha value is -5.03. The molecular formula is C39H46N8O2. The number of carbonyl (C=O) groups excluding carboxylic acids is 1. The number of pyridine rings is 4. The Morgan fingerprint density at radius 1 is 0.612 bits per heavy atom. The van der Waals surface area contributed by atoms with Gasteiger partial charge in [-0.15, -0.1) is 0 Å². The number of unbranched alkanes of at least 4 members (excludes halogenated alkanes) is 2. The summed E-state index contributed by atoms with van der Waals surface area (Å²) in [6.45, 7) is 4.18. The Balaban J connectivity index is 1.44. The highest BCUT2D eigenvalue weighted by Crippen LogP contribution is 2.29. The summed E-state index contributed by atoms with van der Waals surface area (Å²) in [6, 6.07) is 27.6. The van der Waals surface area contributed by atoms with Gasteiger partial charge in [0.15, 0.2) is 0 Å². The lowest BCUT2D eigenvalue weighted by molar-refractivity contribution is -0.121. The van der Waals surface area contributed by atoms with Crippen LogP contribution in [0.5, 0.6) is 5.75 Å². The molecule has 5 rings (SSSR count). The van der Waals surface area contributed by atoms with Crippen LogP contribution in [0.15, 0.2) is 110 Å². The van der Waals surface area contributed by atoms with Crippen LogP contribution in [0.2, 0.25) is 0 Å². The van der Waals surface area contributed by atoms with Crippen LogP contribution in [0.1, 0.15) is 65.1 Å². The summed E-state index contributed by atoms with van der Waals surface area (Å²) in [5, 5.41) is 15.0. The summed E-state index contributed by atoms with van der Waals surface area (Å²) in [4.78, 5) is 35.5. The minimum absolute atomic E-state index is 0.00653. The van der Waals surface area contributed by atoms with Crippen LogP contribution >= 0.6 is 0 Å². The van der Waals surface area contributed by atoms with Gasteiger partial charge in [-0.1, -0.05) is 30.7 Å². The number of carbonyl (C=O) groups is 1. The Morgan fingerprint density at radius 2 is 1.04 bits per heavy atom. The van der Waals surface area contributed by atoms with Crippen LogP contribution in [-0.4, -0.2) is 47.3 Å². The van der Waals surface area contributed by atoms with Crippen molar-refractivity contribution in [3.05, 3.63) is 149 Å². The van der Waals surface area contributed by atoms with Gasteiger partial charge in [0.05, 0.1) is 22.8 Å². The zero-order valence-electron chi connectivity index (χ0n) is 28.0. The number of nitrogens with one attached hydrogen (secondary N) is 1. The molecule has 1 aromatic carbocycles. The molecule has 10 nitrogen and oxygen atoms in total. The van der Waals surface area contributed by atoms with Gasteiger partial charge in [-0.25, -0.2) is 0 Å². The maximum atomic E-state index is 12.7. The molecule has 0 unspecified atom stereocenters. The normalized spacial score (nSPS) is 11.2. The maximum absolute atomic E-state index is 12.7. The molecule has 0 bridgehead atoms. The van der Waals surface area contributed by atoms with Gasteiger partial charge in [0.2, 0.25) is 5.91 Å². The van der Waals surface area contributed by atoms with E-state index >= 15 is 0 Å². The number of amides is 1. The van der Waals surface area contributed by atoms with Crippen molar-refractivity contribution in [2.24, 2.45) is 5.73 Å². The average Bonchev–Trinajstić information content (AvgIpc) is 3.12. The molecule has 0 atom stereocenters. The molecule has 0 aliphatic heterocycles. The minimum Gasteiger partial charge on any atom is -0.507 e. The highest BCUT2D eigenvalue weighted by atomic mass is 16.3. The molecule has 4 heterocycles. The number of nitrogens with zero attached hydrogens (tertiary/aromatic N) is 6. The number of benzene rings is 1. The first-order valence-corrected chi connectivity index (χ1v) is 16.9. The molecule has 49 heavy (non-hydrogen) atoms. The van der Waals surface area contributed by atoms with Gasteiger partial charge >= 0.3 is 0 Å². The van der Waals surface area contributed by atoms with E-state index in [2.05, 4.69) is 35.1 Å². The first-order chi connectivity index (χ1) is 24.1. The van der Waals surface area contributed by atoms with Crippen LogP contribution in [0.3, 0.4) is 0 Å². The molecule has 4 aromatic heterocycles. The molecule has 0 aliphatic rings. The third kappa shape index (κ3) is 11.9. The van der Waals surface area contributed by atoms with Crippen LogP contribution < -0.4 is 11.1 Å². The van der Waals surface area contributed by atoms with Gasteiger partial charge < -0.3 is 16.2 Å². The van der Waals surface area contributed by atoms with Crippen molar-refractivity contribution in [2.45, 2.75) is 71.5 Å². The topological polar surface area (TPSA) is 133 Å². The van der Waals surface area contributed by atoms with E-state index in [1.807, 2.05) is 84.9 Å². The van der Waals surface area contributed by atoms with E-state index in [0.29, 0.717) is 58.8 Å². The zero-order chi connectivity index (χ0) is 34.1. The van der Waals surface area contributed by atoms with Gasteiger partial charge in [-0.2, -0.15) is 0 Å². The number of hydrogen-bond donors (Lipinski definition) is 3. The average molecular weight is 659 g/mol. The third-order valence-electron chi connectivity index (χ3n) is 8.16. The van der Waals surface area contributed by atoms with Crippen LogP contribution in [0.25, 0.3) is 0 Å². The second-order valence-corrected chi connectivity index (χ2v) is 12.2. The summed E-state index contributed by atoms with van der Waals surface area (Å²) in [6.07, 6.45) is 10.3. The molecule has 0 saturated carbocycles. The lowest BCUT2D eigenvalue weighted by Crippen LogP contribution is -2.26. The van der Waals surface area contributed by atoms with Gasteiger partial charge in [0.1, 0.15) is 5.75 Å². The van der Waals surface area contributed by atoms with E-state index in [0.717, 1.165) is 58.7 Å². The number of aromatic nitrogens is 4. The molecule has 0 fully saturated rings. The Bertz CT molecular complexity index is 1500. The number of phenolic OH excluding ortho intramolecular Hbond substituents is 1. The van der Waals surface area contributed by atoms with Gasteiger partial charge in [-0.05, 0) is 85.6 Å². The van der Waals surface area contributed by atoms with E-state index < -0.39 is 0 Å². The quantitative estimate of drug-likeness (QED) is 0.0982. The number of hydrogen-bond acceptors (Lipinski definition) is 9. The fourth-order valence-electron chi connectivity index (χ4n) is 5.77. The molecule has 254 valence electrons. The van der Waals surface area contributed by atoms with Crippen molar-refractivity contribution in [3.63, 3.8) is 0 Å². The summed E-state index contributed by atoms with van der Waals surface area (Å²) in [5.74, 6) is 0.239. The first-order valence-electron chi connectivity index (χ1n) is 16.9. The van der Waals surface area contributed by atoms with E-state index in [1.54, 1.807) is 24.8 Å². The summed E-state index contributed by atoms with van der Waals surface area (Å²) in [7, 11) is 0. The monoisotopic (exact) mass is 658 g/mol. The van der Waals surface area contributed by atoms with Crippen molar-refractivity contribution >= 4 is 5.91 Å². The van der Waals surface area contributed by atoms with E-state index in [-0.39, 0.29) is 11.7 Å². The molecule has 5 aromatic rings. The smallest absolute Gasteiger partial charge is 0.220 e. The summed E-state index contributed by atoms with van der Waals surface area (Å²) in [5.41, 5.74) is 11.8. The van der Waals surface area contributed by atoms with Crippen LogP contribution in [-0.2, 0) is 50.6 Å². The predicted octanol–water partition coefficient (Wildman–Crippen LogP) is 5.51. The minimum atomic E-state index is 0.00653. The fourth-order valence-corrected chi connectivity index (χ4v) is 5.77. The van der Waals surface area contributed by atoms with Crippen molar-refractivity contribution in [2.75, 3.05) is 6.54 Å². The van der Waals surface area contributed by atoms with Crippen LogP contribution in [0.4, 0.5) is 0 Å². The van der Waals surface area contributed by atoms with Gasteiger partial charge in [0, 0.05) is 88.1 Å². The van der Waals surface area contributed by atoms with Gasteiger partial charge in [-0.3, -0.25) is 34.5 Å². The standard InChI is InChI=1S/C39H46N8O2/c40-17-7-1-2-16-38(48)45-24-31-22-32(25-46(27-34-12-3-8-18-41-34)28-35-13-4-9-19-42-35)39(49)33(23-31)26-47(29-36-14-5-10-20-43-36)30-37-15-6-11-21-44-37/h3-6,8-15,18-23,49H,1-2,7,16-17,24-30,40H2,(H,45,48). The number of phenols is 1. The molecule has 1 amide bonds. The first kappa shape index (κ1) is 35.3. The predicted molar refractivity (Wildman–Crippen MR) is 190 cm³/mol. The second-order valence-electron chi connectivity index (χ2n) is 12.2. The molecular weight excluding hydrogens is 612 g/mol. The number of aromatic hydroxyl groups is 1. The SMILES string of the molecule is NCCCCCC(=O)NCc1cc(CN(Cc2ccccn2)Cc2ccccn2)c(O)c(CN(Cc2ccccn2)Cc2ccccn2)c1. The maximum Gasteiger partial charge on any atom is 0.220 e. The Kier molecular flexibility index (Phi) is 13.7. The zero-order valence-corrected chi connectivity index (χ0v) is 28.0. The van der Waals surface area contributed by atoms with Gasteiger partial charge in [0.25, 0.3) is 0 Å². The van der Waals surface area contributed by atoms with E-state index in [4.69, 9.17) is 5.73 Å². The lowest BCUT2D eigenvalue weighted by Gasteiger charge is -2.26. The fraction of sp³-hybridized carbons (Fsp3) is 0.308. The second kappa shape index (κ2) is 19.1. The number of rotatable bonds is 19. The molecule has 0 aliphatic carbocycles. The molecule has 0 saturated heterocycles. The van der Waals surface area contributed by atoms with E-state index in [1.165, 1.54) is 0 Å². The van der Waals surface area contributed by atoms with Crippen molar-refractivity contribution < 1.29 is 9.90 Å². The number of nitrogens with two attached hydrogens (primary N) is 1.